The summed E-state index contributed by atoms with van der Waals surface area (Å²) in [6, 6.07) is 5.45. The van der Waals surface area contributed by atoms with Crippen molar-refractivity contribution in [2.75, 3.05) is 34.3 Å². The Kier molecular flexibility index (Phi) is 6.45. The lowest BCUT2D eigenvalue weighted by Crippen LogP contribution is -2.49. The molecule has 1 rings (SSSR count). The van der Waals surface area contributed by atoms with E-state index in [1.807, 2.05) is 31.1 Å². The first kappa shape index (κ1) is 17.4. The van der Waals surface area contributed by atoms with Crippen molar-refractivity contribution in [3.05, 3.63) is 33.3 Å². The van der Waals surface area contributed by atoms with Crippen LogP contribution in [0.2, 0.25) is 5.02 Å². The van der Waals surface area contributed by atoms with Gasteiger partial charge in [0.1, 0.15) is 5.54 Å². The monoisotopic (exact) mass is 362 g/mol. The first-order valence-electron chi connectivity index (χ1n) is 6.25. The van der Waals surface area contributed by atoms with Gasteiger partial charge in [0.05, 0.1) is 7.11 Å². The minimum absolute atomic E-state index is 0.361. The lowest BCUT2D eigenvalue weighted by molar-refractivity contribution is -0.148. The summed E-state index contributed by atoms with van der Waals surface area (Å²) in [5, 5.41) is 3.76. The second kappa shape index (κ2) is 7.41. The Labute approximate surface area is 133 Å². The molecule has 0 saturated carbocycles. The average molecular weight is 364 g/mol. The van der Waals surface area contributed by atoms with E-state index in [0.717, 1.165) is 11.0 Å². The molecule has 0 fully saturated rings. The van der Waals surface area contributed by atoms with Gasteiger partial charge in [0.2, 0.25) is 0 Å². The largest absolute Gasteiger partial charge is 0.467 e. The Morgan fingerprint density at radius 3 is 2.65 bits per heavy atom. The molecule has 0 spiro atoms. The zero-order chi connectivity index (χ0) is 15.3. The Morgan fingerprint density at radius 1 is 1.50 bits per heavy atom. The van der Waals surface area contributed by atoms with Crippen LogP contribution in [-0.4, -0.2) is 45.2 Å². The summed E-state index contributed by atoms with van der Waals surface area (Å²) >= 11 is 9.63. The molecule has 1 aromatic carbocycles. The summed E-state index contributed by atoms with van der Waals surface area (Å²) < 4.78 is 5.79. The van der Waals surface area contributed by atoms with E-state index in [2.05, 4.69) is 21.2 Å². The lowest BCUT2D eigenvalue weighted by Gasteiger charge is -2.30. The van der Waals surface area contributed by atoms with Crippen molar-refractivity contribution in [2.45, 2.75) is 12.5 Å². The highest BCUT2D eigenvalue weighted by Gasteiger charge is 2.37. The van der Waals surface area contributed by atoms with E-state index in [0.29, 0.717) is 17.1 Å². The lowest BCUT2D eigenvalue weighted by atomic mass is 9.92. The number of hydrogen-bond acceptors (Lipinski definition) is 4. The highest BCUT2D eigenvalue weighted by molar-refractivity contribution is 9.10. The number of halogens is 2. The SMILES string of the molecule is COC(=O)C(C)(NCCN(C)C)c1ccc(Br)cc1Cl. The van der Waals surface area contributed by atoms with Crippen LogP contribution in [0.5, 0.6) is 0 Å². The summed E-state index contributed by atoms with van der Waals surface area (Å²) in [5.41, 5.74) is -0.268. The van der Waals surface area contributed by atoms with Crippen molar-refractivity contribution in [2.24, 2.45) is 0 Å². The molecule has 0 amide bonds. The first-order valence-corrected chi connectivity index (χ1v) is 7.42. The Morgan fingerprint density at radius 2 is 2.15 bits per heavy atom. The van der Waals surface area contributed by atoms with Gasteiger partial charge in [-0.1, -0.05) is 33.6 Å². The number of nitrogens with one attached hydrogen (secondary N) is 1. The predicted molar refractivity (Wildman–Crippen MR) is 85.1 cm³/mol. The molecule has 0 aliphatic heterocycles. The number of rotatable bonds is 6. The maximum atomic E-state index is 12.2. The standard InChI is InChI=1S/C14H20BrClN2O2/c1-14(13(19)20-4,17-7-8-18(2)3)11-6-5-10(15)9-12(11)16/h5-6,9,17H,7-8H2,1-4H3. The van der Waals surface area contributed by atoms with Crippen LogP contribution in [0.25, 0.3) is 0 Å². The number of nitrogens with zero attached hydrogens (tertiary/aromatic N) is 1. The molecule has 0 aliphatic carbocycles. The fourth-order valence-electron chi connectivity index (χ4n) is 1.91. The van der Waals surface area contributed by atoms with E-state index < -0.39 is 5.54 Å². The highest BCUT2D eigenvalue weighted by atomic mass is 79.9. The normalized spacial score (nSPS) is 14.2. The van der Waals surface area contributed by atoms with Crippen molar-refractivity contribution in [1.29, 1.82) is 0 Å². The van der Waals surface area contributed by atoms with Gasteiger partial charge in [-0.05, 0) is 33.2 Å². The van der Waals surface area contributed by atoms with Crippen LogP contribution < -0.4 is 5.32 Å². The summed E-state index contributed by atoms with van der Waals surface area (Å²) in [5.74, 6) is -0.361. The van der Waals surface area contributed by atoms with E-state index in [1.54, 1.807) is 13.0 Å². The van der Waals surface area contributed by atoms with E-state index in [-0.39, 0.29) is 5.97 Å². The van der Waals surface area contributed by atoms with Gasteiger partial charge >= 0.3 is 5.97 Å². The quantitative estimate of drug-likeness (QED) is 0.789. The molecule has 0 heterocycles. The van der Waals surface area contributed by atoms with Crippen LogP contribution in [0.3, 0.4) is 0 Å². The fourth-order valence-corrected chi connectivity index (χ4v) is 2.77. The smallest absolute Gasteiger partial charge is 0.330 e. The van der Waals surface area contributed by atoms with Crippen molar-refractivity contribution in [3.8, 4) is 0 Å². The molecular weight excluding hydrogens is 344 g/mol. The molecule has 112 valence electrons. The summed E-state index contributed by atoms with van der Waals surface area (Å²) in [4.78, 5) is 14.2. The fraction of sp³-hybridized carbons (Fsp3) is 0.500. The number of carbonyl (C=O) groups is 1. The van der Waals surface area contributed by atoms with E-state index in [1.165, 1.54) is 7.11 Å². The number of methoxy groups -OCH3 is 1. The molecule has 20 heavy (non-hydrogen) atoms. The van der Waals surface area contributed by atoms with Gasteiger partial charge in [-0.15, -0.1) is 0 Å². The van der Waals surface area contributed by atoms with Gasteiger partial charge in [-0.2, -0.15) is 0 Å². The van der Waals surface area contributed by atoms with Gasteiger partial charge in [-0.25, -0.2) is 4.79 Å². The van der Waals surface area contributed by atoms with Crippen LogP contribution in [0.4, 0.5) is 0 Å². The Balaban J connectivity index is 3.07. The molecule has 0 aliphatic rings. The summed E-state index contributed by atoms with van der Waals surface area (Å²) in [6.07, 6.45) is 0. The third-order valence-electron chi connectivity index (χ3n) is 3.10. The molecule has 1 aromatic rings. The second-order valence-corrected chi connectivity index (χ2v) is 6.29. The van der Waals surface area contributed by atoms with Crippen molar-refractivity contribution >= 4 is 33.5 Å². The zero-order valence-electron chi connectivity index (χ0n) is 12.2. The van der Waals surface area contributed by atoms with E-state index >= 15 is 0 Å². The average Bonchev–Trinajstić information content (AvgIpc) is 2.36. The maximum Gasteiger partial charge on any atom is 0.330 e. The molecule has 0 aromatic heterocycles. The molecule has 1 N–H and O–H groups in total. The van der Waals surface area contributed by atoms with Crippen LogP contribution in [0.1, 0.15) is 12.5 Å². The van der Waals surface area contributed by atoms with Crippen molar-refractivity contribution in [3.63, 3.8) is 0 Å². The number of benzene rings is 1. The van der Waals surface area contributed by atoms with E-state index in [9.17, 15) is 4.79 Å². The maximum absolute atomic E-state index is 12.2. The number of esters is 1. The third kappa shape index (κ3) is 4.19. The minimum atomic E-state index is -0.970. The van der Waals surface area contributed by atoms with Crippen LogP contribution >= 0.6 is 27.5 Å². The Bertz CT molecular complexity index is 482. The van der Waals surface area contributed by atoms with Crippen molar-refractivity contribution in [1.82, 2.24) is 10.2 Å². The molecule has 0 bridgehead atoms. The van der Waals surface area contributed by atoms with Gasteiger partial charge < -0.3 is 9.64 Å². The topological polar surface area (TPSA) is 41.6 Å². The van der Waals surface area contributed by atoms with Crippen LogP contribution in [0, 0.1) is 0 Å². The van der Waals surface area contributed by atoms with Crippen LogP contribution in [0.15, 0.2) is 22.7 Å². The molecule has 0 radical (unpaired) electrons. The first-order chi connectivity index (χ1) is 9.31. The predicted octanol–water partition coefficient (Wildman–Crippen LogP) is 2.64. The molecule has 0 saturated heterocycles. The number of hydrogen-bond donors (Lipinski definition) is 1. The number of carbonyl (C=O) groups excluding carboxylic acids is 1. The zero-order valence-corrected chi connectivity index (χ0v) is 14.5. The molecule has 1 unspecified atom stereocenters. The minimum Gasteiger partial charge on any atom is -0.467 e. The highest BCUT2D eigenvalue weighted by Crippen LogP contribution is 2.31. The second-order valence-electron chi connectivity index (χ2n) is 4.97. The molecule has 4 nitrogen and oxygen atoms in total. The van der Waals surface area contributed by atoms with Gasteiger partial charge in [0, 0.05) is 28.1 Å². The molecular formula is C14H20BrClN2O2. The number of ether oxygens (including phenoxy) is 1. The van der Waals surface area contributed by atoms with Gasteiger partial charge in [-0.3, -0.25) is 5.32 Å². The number of likely N-dealkylation sites (N-methyl/N-ethyl adjacent to an activating group) is 1. The summed E-state index contributed by atoms with van der Waals surface area (Å²) in [6.45, 7) is 3.23. The Hall–Kier alpha value is -0.620. The van der Waals surface area contributed by atoms with Gasteiger partial charge in [0.25, 0.3) is 0 Å². The van der Waals surface area contributed by atoms with Crippen molar-refractivity contribution < 1.29 is 9.53 Å². The summed E-state index contributed by atoms with van der Waals surface area (Å²) in [7, 11) is 5.33. The van der Waals surface area contributed by atoms with Crippen LogP contribution in [-0.2, 0) is 15.1 Å². The van der Waals surface area contributed by atoms with E-state index in [4.69, 9.17) is 16.3 Å². The van der Waals surface area contributed by atoms with Gasteiger partial charge in [0.15, 0.2) is 0 Å². The molecule has 1 atom stereocenters. The third-order valence-corrected chi connectivity index (χ3v) is 3.91. The molecule has 6 heteroatoms.